The number of amides is 1. The summed E-state index contributed by atoms with van der Waals surface area (Å²) < 4.78 is 1.20. The Kier molecular flexibility index (Phi) is 2.41. The molecule has 2 N–H and O–H groups in total. The van der Waals surface area contributed by atoms with Crippen molar-refractivity contribution < 1.29 is 4.79 Å². The topological polar surface area (TPSA) is 90.9 Å². The maximum absolute atomic E-state index is 11.1. The van der Waals surface area contributed by atoms with Gasteiger partial charge in [-0.3, -0.25) is 9.36 Å². The van der Waals surface area contributed by atoms with E-state index in [0.717, 1.165) is 0 Å². The molecule has 1 aromatic rings. The van der Waals surface area contributed by atoms with E-state index >= 15 is 0 Å². The highest BCUT2D eigenvalue weighted by Gasteiger charge is 2.06. The summed E-state index contributed by atoms with van der Waals surface area (Å²) in [6.45, 7) is 3.24. The first-order valence-corrected chi connectivity index (χ1v) is 3.71. The van der Waals surface area contributed by atoms with Crippen molar-refractivity contribution >= 4 is 5.91 Å². The van der Waals surface area contributed by atoms with Crippen molar-refractivity contribution in [2.75, 3.05) is 0 Å². The zero-order valence-corrected chi connectivity index (χ0v) is 7.44. The Labute approximate surface area is 74.4 Å². The number of hydrogen-bond donors (Lipinski definition) is 1. The molecule has 0 bridgehead atoms. The van der Waals surface area contributed by atoms with E-state index in [4.69, 9.17) is 5.73 Å². The first-order valence-electron chi connectivity index (χ1n) is 3.71. The fourth-order valence-electron chi connectivity index (χ4n) is 0.925. The Morgan fingerprint density at radius 2 is 2.08 bits per heavy atom. The van der Waals surface area contributed by atoms with Gasteiger partial charge in [-0.15, -0.1) is 5.10 Å². The Hall–Kier alpha value is -1.72. The monoisotopic (exact) mass is 182 g/mol. The molecule has 1 heterocycles. The Morgan fingerprint density at radius 1 is 1.46 bits per heavy atom. The van der Waals surface area contributed by atoms with Gasteiger partial charge >= 0.3 is 5.69 Å². The van der Waals surface area contributed by atoms with Crippen molar-refractivity contribution in [2.45, 2.75) is 20.4 Å². The fourth-order valence-corrected chi connectivity index (χ4v) is 0.925. The molecule has 0 radical (unpaired) electrons. The fraction of sp³-hybridized carbons (Fsp3) is 0.429. The highest BCUT2D eigenvalue weighted by atomic mass is 16.2. The normalized spacial score (nSPS) is 10.0. The van der Waals surface area contributed by atoms with Crippen molar-refractivity contribution in [3.8, 4) is 0 Å². The maximum atomic E-state index is 11.1. The molecule has 0 saturated heterocycles. The molecule has 70 valence electrons. The van der Waals surface area contributed by atoms with E-state index in [1.54, 1.807) is 13.8 Å². The number of nitrogens with zero attached hydrogens (tertiary/aromatic N) is 3. The van der Waals surface area contributed by atoms with Gasteiger partial charge in [0.05, 0.1) is 5.69 Å². The predicted octanol–water partition coefficient (Wildman–Crippen LogP) is -1.26. The third-order valence-electron chi connectivity index (χ3n) is 1.76. The predicted molar refractivity (Wildman–Crippen MR) is 45.0 cm³/mol. The molecule has 0 unspecified atom stereocenters. The second-order valence-electron chi connectivity index (χ2n) is 2.71. The van der Waals surface area contributed by atoms with Gasteiger partial charge in [0.2, 0.25) is 5.91 Å². The molecule has 0 aliphatic carbocycles. The molecule has 0 aliphatic rings. The van der Waals surface area contributed by atoms with Crippen LogP contribution < -0.4 is 11.4 Å². The van der Waals surface area contributed by atoms with Gasteiger partial charge in [0, 0.05) is 5.69 Å². The van der Waals surface area contributed by atoms with Gasteiger partial charge in [-0.05, 0) is 13.8 Å². The number of primary amides is 1. The Morgan fingerprint density at radius 3 is 2.62 bits per heavy atom. The molecule has 1 aromatic heterocycles. The van der Waals surface area contributed by atoms with Crippen LogP contribution in [0.4, 0.5) is 0 Å². The summed E-state index contributed by atoms with van der Waals surface area (Å²) in [4.78, 5) is 21.7. The van der Waals surface area contributed by atoms with Crippen LogP contribution in [0.5, 0.6) is 0 Å². The molecule has 13 heavy (non-hydrogen) atoms. The van der Waals surface area contributed by atoms with Crippen LogP contribution in [-0.2, 0) is 11.3 Å². The lowest BCUT2D eigenvalue weighted by Crippen LogP contribution is -2.32. The van der Waals surface area contributed by atoms with Gasteiger partial charge in [-0.1, -0.05) is 5.10 Å². The average Bonchev–Trinajstić information content (AvgIpc) is 2.05. The molecule has 6 heteroatoms. The van der Waals surface area contributed by atoms with Crippen molar-refractivity contribution in [1.29, 1.82) is 0 Å². The van der Waals surface area contributed by atoms with Crippen LogP contribution in [0, 0.1) is 13.8 Å². The van der Waals surface area contributed by atoms with Gasteiger partial charge < -0.3 is 5.73 Å². The quantitative estimate of drug-likeness (QED) is 0.618. The highest BCUT2D eigenvalue weighted by Crippen LogP contribution is 1.96. The number of aromatic nitrogens is 3. The third kappa shape index (κ3) is 1.90. The molecule has 0 spiro atoms. The lowest BCUT2D eigenvalue weighted by Gasteiger charge is -2.06. The molecule has 0 atom stereocenters. The summed E-state index contributed by atoms with van der Waals surface area (Å²) in [5.41, 5.74) is 5.63. The first kappa shape index (κ1) is 9.37. The van der Waals surface area contributed by atoms with Crippen LogP contribution in [0.25, 0.3) is 0 Å². The summed E-state index contributed by atoms with van der Waals surface area (Å²) in [7, 11) is 0. The Bertz CT molecular complexity index is 396. The zero-order chi connectivity index (χ0) is 10.0. The number of carbonyl (C=O) groups is 1. The largest absolute Gasteiger partial charge is 0.368 e. The first-order chi connectivity index (χ1) is 6.02. The van der Waals surface area contributed by atoms with E-state index < -0.39 is 11.6 Å². The summed E-state index contributed by atoms with van der Waals surface area (Å²) in [5, 5.41) is 6.95. The number of hydrogen-bond acceptors (Lipinski definition) is 4. The maximum Gasteiger partial charge on any atom is 0.366 e. The van der Waals surface area contributed by atoms with Gasteiger partial charge in [0.25, 0.3) is 0 Å². The van der Waals surface area contributed by atoms with Crippen LogP contribution in [0.15, 0.2) is 4.79 Å². The van der Waals surface area contributed by atoms with Gasteiger partial charge in [0.15, 0.2) is 0 Å². The van der Waals surface area contributed by atoms with Crippen molar-refractivity contribution in [1.82, 2.24) is 14.8 Å². The number of nitrogens with two attached hydrogens (primary N) is 1. The Balaban J connectivity index is 3.25. The smallest absolute Gasteiger partial charge is 0.366 e. The number of rotatable bonds is 2. The van der Waals surface area contributed by atoms with Crippen LogP contribution in [-0.4, -0.2) is 20.7 Å². The standard InChI is InChI=1S/C7H10N4O2/c1-4-5(2)11(3-6(8)12)7(13)10-9-4/h3H2,1-2H3,(H2,8,12). The minimum absolute atomic E-state index is 0.152. The molecule has 6 nitrogen and oxygen atoms in total. The summed E-state index contributed by atoms with van der Waals surface area (Å²) >= 11 is 0. The summed E-state index contributed by atoms with van der Waals surface area (Å²) in [5.74, 6) is -0.572. The summed E-state index contributed by atoms with van der Waals surface area (Å²) in [6, 6.07) is 0. The van der Waals surface area contributed by atoms with E-state index in [0.29, 0.717) is 11.4 Å². The molecule has 0 saturated carbocycles. The SMILES string of the molecule is Cc1nnc(=O)n(CC(N)=O)c1C. The number of aryl methyl sites for hydroxylation is 1. The second kappa shape index (κ2) is 3.34. The third-order valence-corrected chi connectivity index (χ3v) is 1.76. The van der Waals surface area contributed by atoms with E-state index in [2.05, 4.69) is 10.2 Å². The molecule has 0 aliphatic heterocycles. The van der Waals surface area contributed by atoms with E-state index in [1.807, 2.05) is 0 Å². The van der Waals surface area contributed by atoms with Crippen LogP contribution >= 0.6 is 0 Å². The van der Waals surface area contributed by atoms with Crippen LogP contribution in [0.2, 0.25) is 0 Å². The molecule has 0 aromatic carbocycles. The average molecular weight is 182 g/mol. The van der Waals surface area contributed by atoms with Crippen molar-refractivity contribution in [3.63, 3.8) is 0 Å². The minimum Gasteiger partial charge on any atom is -0.368 e. The van der Waals surface area contributed by atoms with Gasteiger partial charge in [0.1, 0.15) is 6.54 Å². The van der Waals surface area contributed by atoms with E-state index in [-0.39, 0.29) is 6.54 Å². The van der Waals surface area contributed by atoms with Gasteiger partial charge in [-0.25, -0.2) is 4.79 Å². The summed E-state index contributed by atoms with van der Waals surface area (Å²) in [6.07, 6.45) is 0. The number of carbonyl (C=O) groups excluding carboxylic acids is 1. The zero-order valence-electron chi connectivity index (χ0n) is 7.44. The van der Waals surface area contributed by atoms with Crippen molar-refractivity contribution in [3.05, 3.63) is 21.9 Å². The molecular formula is C7H10N4O2. The van der Waals surface area contributed by atoms with E-state index in [9.17, 15) is 9.59 Å². The van der Waals surface area contributed by atoms with Crippen molar-refractivity contribution in [2.24, 2.45) is 5.73 Å². The van der Waals surface area contributed by atoms with Gasteiger partial charge in [-0.2, -0.15) is 0 Å². The highest BCUT2D eigenvalue weighted by molar-refractivity contribution is 5.73. The molecule has 1 amide bonds. The van der Waals surface area contributed by atoms with E-state index in [1.165, 1.54) is 4.57 Å². The van der Waals surface area contributed by atoms with Crippen LogP contribution in [0.3, 0.4) is 0 Å². The lowest BCUT2D eigenvalue weighted by molar-refractivity contribution is -0.118. The minimum atomic E-state index is -0.572. The lowest BCUT2D eigenvalue weighted by atomic mass is 10.3. The molecular weight excluding hydrogens is 172 g/mol. The molecule has 0 fully saturated rings. The molecule has 1 rings (SSSR count). The second-order valence-corrected chi connectivity index (χ2v) is 2.71. The van der Waals surface area contributed by atoms with Crippen LogP contribution in [0.1, 0.15) is 11.4 Å².